The molecule has 4 rings (SSSR count). The first-order valence-electron chi connectivity index (χ1n) is 7.50. The van der Waals surface area contributed by atoms with E-state index in [0.717, 1.165) is 0 Å². The zero-order valence-electron chi connectivity index (χ0n) is 13.8. The summed E-state index contributed by atoms with van der Waals surface area (Å²) in [5.41, 5.74) is 1.44. The molecule has 0 aliphatic carbocycles. The summed E-state index contributed by atoms with van der Waals surface area (Å²) < 4.78 is 0. The summed E-state index contributed by atoms with van der Waals surface area (Å²) in [7, 11) is 0. The van der Waals surface area contributed by atoms with Crippen molar-refractivity contribution >= 4 is 21.5 Å². The smallest absolute Gasteiger partial charge is 1.00 e. The fourth-order valence-electron chi connectivity index (χ4n) is 2.58. The van der Waals surface area contributed by atoms with Gasteiger partial charge in [-0.15, -0.1) is 70.3 Å². The van der Waals surface area contributed by atoms with Gasteiger partial charge in [0.15, 0.2) is 0 Å². The quantitative estimate of drug-likeness (QED) is 0.249. The molecule has 0 aliphatic rings. The van der Waals surface area contributed by atoms with E-state index in [2.05, 4.69) is 92.7 Å². The van der Waals surface area contributed by atoms with Crippen LogP contribution in [-0.4, -0.2) is 0 Å². The first kappa shape index (κ1) is 23.1. The van der Waals surface area contributed by atoms with Crippen LogP contribution in [0.15, 0.2) is 78.9 Å². The van der Waals surface area contributed by atoms with E-state index < -0.39 is 0 Å². The zero-order valence-corrected chi connectivity index (χ0v) is 18.9. The van der Waals surface area contributed by atoms with Crippen LogP contribution in [0, 0.1) is 0 Å². The molecule has 0 spiro atoms. The Balaban J connectivity index is 0.000000402. The van der Waals surface area contributed by atoms with Gasteiger partial charge in [-0.25, -0.2) is 0 Å². The summed E-state index contributed by atoms with van der Waals surface area (Å²) in [5.74, 6) is 0.636. The van der Waals surface area contributed by atoms with Gasteiger partial charge >= 0.3 is 25.8 Å². The maximum Gasteiger partial charge on any atom is 4.00 e. The van der Waals surface area contributed by atoms with E-state index >= 15 is 0 Å². The molecular weight excluding hydrogens is 502 g/mol. The second kappa shape index (κ2) is 10.9. The first-order chi connectivity index (χ1) is 10.2. The third-order valence-electron chi connectivity index (χ3n) is 3.85. The van der Waals surface area contributed by atoms with Gasteiger partial charge in [0.05, 0.1) is 0 Å². The van der Waals surface area contributed by atoms with Crippen LogP contribution in [-0.2, 0) is 25.8 Å². The number of fused-ring (bicyclic) bond motifs is 2. The summed E-state index contributed by atoms with van der Waals surface area (Å²) in [5, 5.41) is 5.39. The average molecular weight is 522 g/mol. The van der Waals surface area contributed by atoms with Gasteiger partial charge in [-0.1, -0.05) is 26.0 Å². The van der Waals surface area contributed by atoms with Gasteiger partial charge in [0.2, 0.25) is 0 Å². The van der Waals surface area contributed by atoms with Crippen LogP contribution in [0.4, 0.5) is 0 Å². The minimum atomic E-state index is 0. The van der Waals surface area contributed by atoms with Crippen LogP contribution in [0.1, 0.15) is 25.3 Å². The van der Waals surface area contributed by atoms with Crippen LogP contribution in [0.25, 0.3) is 21.5 Å². The molecule has 0 bridgehead atoms. The number of rotatable bonds is 1. The Bertz CT molecular complexity index is 780. The Morgan fingerprint density at radius 1 is 0.750 bits per heavy atom. The molecule has 0 atom stereocenters. The number of benzene rings is 2. The Kier molecular flexibility index (Phi) is 10.5. The number of hydrogen-bond acceptors (Lipinski definition) is 0. The predicted molar refractivity (Wildman–Crippen MR) is 93.2 cm³/mol. The van der Waals surface area contributed by atoms with Crippen molar-refractivity contribution in [3.05, 3.63) is 84.4 Å². The summed E-state index contributed by atoms with van der Waals surface area (Å²) >= 11 is 0. The second-order valence-corrected chi connectivity index (χ2v) is 5.73. The van der Waals surface area contributed by atoms with Gasteiger partial charge in [-0.2, -0.15) is 23.6 Å². The van der Waals surface area contributed by atoms with Gasteiger partial charge < -0.3 is 24.8 Å². The fraction of sp³-hybridized carbons (Fsp3) is 0.143. The fourth-order valence-corrected chi connectivity index (χ4v) is 2.58. The third-order valence-corrected chi connectivity index (χ3v) is 3.85. The molecule has 122 valence electrons. The van der Waals surface area contributed by atoms with Crippen LogP contribution in [0.2, 0.25) is 0 Å². The van der Waals surface area contributed by atoms with Gasteiger partial charge in [0.1, 0.15) is 0 Å². The van der Waals surface area contributed by atoms with E-state index in [1.54, 1.807) is 0 Å². The van der Waals surface area contributed by atoms with E-state index in [4.69, 9.17) is 0 Å². The monoisotopic (exact) mass is 522 g/mol. The molecule has 0 nitrogen and oxygen atoms in total. The second-order valence-electron chi connectivity index (χ2n) is 5.73. The maximum absolute atomic E-state index is 2.28. The van der Waals surface area contributed by atoms with Gasteiger partial charge in [0.25, 0.3) is 0 Å². The average Bonchev–Trinajstić information content (AvgIpc) is 3.14. The zero-order chi connectivity index (χ0) is 14.7. The molecule has 0 fully saturated rings. The van der Waals surface area contributed by atoms with Crippen molar-refractivity contribution in [2.75, 3.05) is 0 Å². The molecule has 0 aromatic heterocycles. The van der Waals surface area contributed by atoms with Gasteiger partial charge in [-0.3, -0.25) is 0 Å². The van der Waals surface area contributed by atoms with Crippen LogP contribution in [0.5, 0.6) is 0 Å². The van der Waals surface area contributed by atoms with E-state index in [-0.39, 0.29) is 50.7 Å². The molecule has 0 N–H and O–H groups in total. The molecule has 0 amide bonds. The van der Waals surface area contributed by atoms with Crippen molar-refractivity contribution in [2.24, 2.45) is 0 Å². The molecule has 3 heteroatoms. The van der Waals surface area contributed by atoms with Crippen molar-refractivity contribution in [1.29, 1.82) is 0 Å². The summed E-state index contributed by atoms with van der Waals surface area (Å²) in [6.07, 6.45) is 0. The molecule has 0 heterocycles. The largest absolute Gasteiger partial charge is 4.00 e. The first-order valence-corrected chi connectivity index (χ1v) is 7.50. The molecule has 4 aromatic rings. The standard InChI is InChI=1S/C12H13.C9H7.2ClH.Hf/c1-9(2)12-7-10-5-3-4-6-11(10)8-12;1-2-5-9-7-3-6-8(9)4-1;;;/h3-9H,1-2H3;1-7H;2*1H;/q2*-1;;;+4/p-2. The Morgan fingerprint density at radius 2 is 1.33 bits per heavy atom. The van der Waals surface area contributed by atoms with Crippen LogP contribution in [0.3, 0.4) is 0 Å². The third kappa shape index (κ3) is 5.58. The van der Waals surface area contributed by atoms with Crippen molar-refractivity contribution in [3.8, 4) is 0 Å². The van der Waals surface area contributed by atoms with Crippen molar-refractivity contribution in [3.63, 3.8) is 0 Å². The summed E-state index contributed by atoms with van der Waals surface area (Å²) in [6, 6.07) is 27.7. The maximum atomic E-state index is 2.28. The topological polar surface area (TPSA) is 0 Å². The molecular formula is C21H20Cl2Hf. The van der Waals surface area contributed by atoms with Crippen LogP contribution < -0.4 is 24.8 Å². The molecule has 4 aromatic carbocycles. The van der Waals surface area contributed by atoms with Gasteiger partial charge in [0, 0.05) is 0 Å². The van der Waals surface area contributed by atoms with E-state index in [1.165, 1.54) is 27.1 Å². The van der Waals surface area contributed by atoms with Crippen molar-refractivity contribution < 1.29 is 50.7 Å². The molecule has 0 aliphatic heterocycles. The van der Waals surface area contributed by atoms with Crippen LogP contribution >= 0.6 is 0 Å². The number of halogens is 2. The minimum Gasteiger partial charge on any atom is -1.00 e. The molecule has 24 heavy (non-hydrogen) atoms. The van der Waals surface area contributed by atoms with E-state index in [9.17, 15) is 0 Å². The minimum absolute atomic E-state index is 0. The Hall–Kier alpha value is -0.890. The summed E-state index contributed by atoms with van der Waals surface area (Å²) in [6.45, 7) is 4.46. The Labute approximate surface area is 175 Å². The Morgan fingerprint density at radius 3 is 1.92 bits per heavy atom. The molecule has 0 unspecified atom stereocenters. The van der Waals surface area contributed by atoms with Gasteiger partial charge in [-0.05, 0) is 5.92 Å². The molecule has 0 saturated heterocycles. The van der Waals surface area contributed by atoms with E-state index in [0.29, 0.717) is 5.92 Å². The summed E-state index contributed by atoms with van der Waals surface area (Å²) in [4.78, 5) is 0. The van der Waals surface area contributed by atoms with E-state index in [1.807, 2.05) is 0 Å². The van der Waals surface area contributed by atoms with Crippen molar-refractivity contribution in [1.82, 2.24) is 0 Å². The number of hydrogen-bond donors (Lipinski definition) is 0. The molecule has 0 saturated carbocycles. The molecule has 0 radical (unpaired) electrons. The van der Waals surface area contributed by atoms with Crippen molar-refractivity contribution in [2.45, 2.75) is 19.8 Å². The normalized spacial score (nSPS) is 9.46. The predicted octanol–water partition coefficient (Wildman–Crippen LogP) is 0.246. The SMILES string of the molecule is CC(C)c1cc2ccccc2[cH-]1.[Cl-].[Cl-].[Hf+4].c1ccc2[cH-]ccc2c1.